The number of thiazole rings is 1. The van der Waals surface area contributed by atoms with Crippen LogP contribution in [0, 0.1) is 0 Å². The van der Waals surface area contributed by atoms with Crippen molar-refractivity contribution >= 4 is 40.0 Å². The number of hydrogen-bond donors (Lipinski definition) is 2. The van der Waals surface area contributed by atoms with Crippen molar-refractivity contribution in [2.24, 2.45) is 9.98 Å². The number of nitrogens with zero attached hydrogens (tertiary/aromatic N) is 3. The molecule has 0 saturated carbocycles. The second kappa shape index (κ2) is 9.48. The summed E-state index contributed by atoms with van der Waals surface area (Å²) < 4.78 is 16.1. The van der Waals surface area contributed by atoms with Gasteiger partial charge in [-0.2, -0.15) is 9.98 Å². The van der Waals surface area contributed by atoms with Gasteiger partial charge in [-0.25, -0.2) is 4.99 Å². The number of rotatable bonds is 6. The number of benzene rings is 1. The summed E-state index contributed by atoms with van der Waals surface area (Å²) >= 11 is 1.30. The molecule has 0 fully saturated rings. The molecule has 1 amide bonds. The van der Waals surface area contributed by atoms with E-state index in [9.17, 15) is 9.90 Å². The molecule has 0 spiro atoms. The van der Waals surface area contributed by atoms with Gasteiger partial charge in [-0.3, -0.25) is 4.79 Å². The average Bonchev–Trinajstić information content (AvgIpc) is 3.12. The van der Waals surface area contributed by atoms with Gasteiger partial charge in [0.15, 0.2) is 16.7 Å². The number of fused-ring (bicyclic) bond motifs is 1. The third kappa shape index (κ3) is 5.03. The molecule has 1 aromatic heterocycles. The number of carbonyl (C=O) groups excluding carboxylic acids is 1. The second-order valence-electron chi connectivity index (χ2n) is 6.63. The maximum absolute atomic E-state index is 11.3. The molecule has 10 heteroatoms. The fourth-order valence-corrected chi connectivity index (χ4v) is 3.78. The number of aromatic nitrogens is 1. The van der Waals surface area contributed by atoms with Crippen LogP contribution in [0.5, 0.6) is 5.88 Å². The average molecular weight is 452 g/mol. The Morgan fingerprint density at radius 2 is 2.25 bits per heavy atom. The Bertz CT molecular complexity index is 1290. The summed E-state index contributed by atoms with van der Waals surface area (Å²) in [5, 5.41) is 15.4. The van der Waals surface area contributed by atoms with E-state index in [1.807, 2.05) is 31.2 Å². The molecular formula is C22H20N4O5S. The predicted molar refractivity (Wildman–Crippen MR) is 120 cm³/mol. The highest BCUT2D eigenvalue weighted by atomic mass is 32.1. The third-order valence-electron chi connectivity index (χ3n) is 4.25. The van der Waals surface area contributed by atoms with Crippen LogP contribution in [-0.4, -0.2) is 35.0 Å². The molecule has 32 heavy (non-hydrogen) atoms. The van der Waals surface area contributed by atoms with Crippen molar-refractivity contribution in [1.82, 2.24) is 4.98 Å². The van der Waals surface area contributed by atoms with Crippen LogP contribution < -0.4 is 15.9 Å². The number of hydrogen-bond acceptors (Lipinski definition) is 8. The van der Waals surface area contributed by atoms with Gasteiger partial charge in [0.25, 0.3) is 0 Å². The van der Waals surface area contributed by atoms with Crippen molar-refractivity contribution in [2.45, 2.75) is 13.8 Å². The van der Waals surface area contributed by atoms with Gasteiger partial charge in [0.05, 0.1) is 23.4 Å². The lowest BCUT2D eigenvalue weighted by molar-refractivity contribution is -0.115. The van der Waals surface area contributed by atoms with E-state index in [1.165, 1.54) is 37.0 Å². The molecule has 4 rings (SSSR count). The lowest BCUT2D eigenvalue weighted by atomic mass is 10.1. The molecule has 0 atom stereocenters. The highest BCUT2D eigenvalue weighted by molar-refractivity contribution is 7.16. The number of amides is 1. The van der Waals surface area contributed by atoms with Gasteiger partial charge >= 0.3 is 0 Å². The van der Waals surface area contributed by atoms with Crippen molar-refractivity contribution in [3.8, 4) is 5.88 Å². The fourth-order valence-electron chi connectivity index (χ4n) is 2.96. The zero-order chi connectivity index (χ0) is 22.5. The van der Waals surface area contributed by atoms with Gasteiger partial charge in [0.1, 0.15) is 24.5 Å². The van der Waals surface area contributed by atoms with Gasteiger partial charge in [-0.05, 0) is 30.4 Å². The van der Waals surface area contributed by atoms with E-state index >= 15 is 0 Å². The maximum Gasteiger partial charge on any atom is 0.244 e. The number of anilines is 1. The Balaban J connectivity index is 1.61. The standard InChI is InChI=1S/C22H20N4O5S/c1-3-30-18-10-20(24-13(2)27)25-17-5-4-14(8-16(17)18)9-19-21(28)26-22(32-19)23-11-15-12-29-6-7-31-15/h4-10,12,28H,3,11H2,1-2H3,(H,23,26). The summed E-state index contributed by atoms with van der Waals surface area (Å²) in [5.41, 5.74) is 0.778. The molecular weight excluding hydrogens is 432 g/mol. The monoisotopic (exact) mass is 452 g/mol. The minimum atomic E-state index is -0.329. The zero-order valence-electron chi connectivity index (χ0n) is 17.4. The Hall–Kier alpha value is -3.92. The largest absolute Gasteiger partial charge is 0.493 e. The van der Waals surface area contributed by atoms with E-state index in [2.05, 4.69) is 20.3 Å². The minimum Gasteiger partial charge on any atom is -0.493 e. The first-order chi connectivity index (χ1) is 15.5. The van der Waals surface area contributed by atoms with Gasteiger partial charge in [0.2, 0.25) is 11.8 Å². The lowest BCUT2D eigenvalue weighted by Gasteiger charge is -2.13. The van der Waals surface area contributed by atoms with Crippen LogP contribution in [0.3, 0.4) is 0 Å². The first-order valence-electron chi connectivity index (χ1n) is 9.76. The Kier molecular flexibility index (Phi) is 6.31. The number of amidine groups is 1. The quantitative estimate of drug-likeness (QED) is 0.692. The molecule has 2 aliphatic heterocycles. The highest BCUT2D eigenvalue weighted by Crippen LogP contribution is 2.29. The van der Waals surface area contributed by atoms with Gasteiger partial charge in [0, 0.05) is 18.6 Å². The van der Waals surface area contributed by atoms with Crippen molar-refractivity contribution in [2.75, 3.05) is 18.5 Å². The molecule has 0 unspecified atom stereocenters. The van der Waals surface area contributed by atoms with Crippen molar-refractivity contribution < 1.29 is 24.1 Å². The highest BCUT2D eigenvalue weighted by Gasteiger charge is 2.14. The molecule has 1 aromatic carbocycles. The summed E-state index contributed by atoms with van der Waals surface area (Å²) in [6.45, 7) is 4.07. The van der Waals surface area contributed by atoms with E-state index in [-0.39, 0.29) is 11.8 Å². The van der Waals surface area contributed by atoms with Crippen LogP contribution in [0.2, 0.25) is 0 Å². The summed E-state index contributed by atoms with van der Waals surface area (Å²) in [7, 11) is 0. The van der Waals surface area contributed by atoms with Crippen LogP contribution in [0.4, 0.5) is 5.13 Å². The van der Waals surface area contributed by atoms with Crippen molar-refractivity contribution in [3.05, 3.63) is 69.8 Å². The molecule has 164 valence electrons. The molecule has 2 N–H and O–H groups in total. The van der Waals surface area contributed by atoms with Crippen molar-refractivity contribution in [1.29, 1.82) is 0 Å². The van der Waals surface area contributed by atoms with E-state index in [0.717, 1.165) is 10.8 Å². The van der Waals surface area contributed by atoms with Crippen LogP contribution in [-0.2, 0) is 19.0 Å². The first kappa shape index (κ1) is 21.3. The molecule has 0 saturated heterocycles. The van der Waals surface area contributed by atoms with E-state index in [0.29, 0.717) is 45.9 Å². The minimum absolute atomic E-state index is 0.0777. The maximum atomic E-state index is 11.3. The van der Waals surface area contributed by atoms with Crippen LogP contribution in [0.25, 0.3) is 11.8 Å². The normalized spacial score (nSPS) is 16.3. The summed E-state index contributed by atoms with van der Waals surface area (Å²) in [6.07, 6.45) is 7.83. The smallest absolute Gasteiger partial charge is 0.244 e. The SMILES string of the molecule is CCOC1=CC(=NC(C)=O)N=c2ccc(=Cc3sc(NCC4=COC=CO4)nc3O)cc21. The number of ether oxygens (including phenoxy) is 3. The summed E-state index contributed by atoms with van der Waals surface area (Å²) in [4.78, 5) is 24.4. The molecule has 0 aliphatic carbocycles. The van der Waals surface area contributed by atoms with Gasteiger partial charge in [-0.15, -0.1) is 0 Å². The number of nitrogens with one attached hydrogen (secondary N) is 1. The van der Waals surface area contributed by atoms with E-state index in [4.69, 9.17) is 14.2 Å². The molecule has 0 bridgehead atoms. The number of aliphatic imine (C=N–C) groups is 1. The van der Waals surface area contributed by atoms with E-state index < -0.39 is 0 Å². The van der Waals surface area contributed by atoms with Crippen LogP contribution in [0.15, 0.2) is 58.8 Å². The zero-order valence-corrected chi connectivity index (χ0v) is 18.2. The van der Waals surface area contributed by atoms with Crippen molar-refractivity contribution in [3.63, 3.8) is 0 Å². The first-order valence-corrected chi connectivity index (χ1v) is 10.6. The molecule has 2 aromatic rings. The molecule has 3 heterocycles. The summed E-state index contributed by atoms with van der Waals surface area (Å²) in [5.74, 6) is 1.07. The fraction of sp³-hybridized carbons (Fsp3) is 0.182. The Morgan fingerprint density at radius 3 is 3.00 bits per heavy atom. The lowest BCUT2D eigenvalue weighted by Crippen LogP contribution is -2.21. The molecule has 0 radical (unpaired) electrons. The number of carbonyl (C=O) groups is 1. The van der Waals surface area contributed by atoms with Crippen LogP contribution >= 0.6 is 11.3 Å². The third-order valence-corrected chi connectivity index (χ3v) is 5.20. The Morgan fingerprint density at radius 1 is 1.38 bits per heavy atom. The topological polar surface area (TPSA) is 115 Å². The summed E-state index contributed by atoms with van der Waals surface area (Å²) in [6, 6.07) is 5.58. The Labute approximate surface area is 187 Å². The predicted octanol–water partition coefficient (Wildman–Crippen LogP) is 2.40. The second-order valence-corrected chi connectivity index (χ2v) is 7.66. The van der Waals surface area contributed by atoms with Crippen LogP contribution in [0.1, 0.15) is 24.3 Å². The molecule has 2 aliphatic rings. The van der Waals surface area contributed by atoms with Gasteiger partial charge in [-0.1, -0.05) is 17.4 Å². The van der Waals surface area contributed by atoms with Gasteiger partial charge < -0.3 is 24.6 Å². The molecule has 9 nitrogen and oxygen atoms in total. The van der Waals surface area contributed by atoms with E-state index in [1.54, 1.807) is 6.08 Å². The number of aromatic hydroxyl groups is 1.